The zero-order chi connectivity index (χ0) is 42.5. The van der Waals surface area contributed by atoms with Crippen LogP contribution in [0.3, 0.4) is 0 Å². The van der Waals surface area contributed by atoms with Crippen LogP contribution in [-0.2, 0) is 10.8 Å². The Bertz CT molecular complexity index is 3070. The maximum Gasteiger partial charge on any atom is 0.128 e. The van der Waals surface area contributed by atoms with E-state index in [9.17, 15) is 5.26 Å². The van der Waals surface area contributed by atoms with E-state index >= 15 is 0 Å². The van der Waals surface area contributed by atoms with Crippen LogP contribution in [0.15, 0.2) is 152 Å². The summed E-state index contributed by atoms with van der Waals surface area (Å²) in [6, 6.07) is 47.3. The lowest BCUT2D eigenvalue weighted by atomic mass is 9.79. The van der Waals surface area contributed by atoms with E-state index in [-0.39, 0.29) is 10.8 Å². The maximum absolute atomic E-state index is 9.92. The molecule has 1 aliphatic carbocycles. The molecule has 0 fully saturated rings. The first kappa shape index (κ1) is 39.4. The van der Waals surface area contributed by atoms with E-state index in [2.05, 4.69) is 180 Å². The molecule has 5 heteroatoms. The van der Waals surface area contributed by atoms with Crippen LogP contribution in [0.2, 0.25) is 0 Å². The first-order chi connectivity index (χ1) is 29.4. The van der Waals surface area contributed by atoms with Gasteiger partial charge in [0, 0.05) is 44.9 Å². The summed E-state index contributed by atoms with van der Waals surface area (Å²) in [5.41, 5.74) is 16.2. The smallest absolute Gasteiger partial charge is 0.128 e. The molecule has 3 aromatic heterocycles. The number of rotatable bonds is 7. The van der Waals surface area contributed by atoms with Gasteiger partial charge in [-0.25, -0.2) is 4.98 Å². The number of hydrogen-bond donors (Lipinski definition) is 0. The van der Waals surface area contributed by atoms with Gasteiger partial charge in [0.2, 0.25) is 0 Å². The summed E-state index contributed by atoms with van der Waals surface area (Å²) in [4.78, 5) is 10.3. The largest absolute Gasteiger partial charge is 0.496 e. The van der Waals surface area contributed by atoms with Crippen molar-refractivity contribution in [3.63, 3.8) is 0 Å². The van der Waals surface area contributed by atoms with Crippen LogP contribution >= 0.6 is 0 Å². The first-order valence-corrected chi connectivity index (χ1v) is 21.1. The van der Waals surface area contributed by atoms with Gasteiger partial charge in [-0.15, -0.1) is 0 Å². The highest BCUT2D eigenvalue weighted by atomic mass is 16.5. The Morgan fingerprint density at radius 1 is 0.607 bits per heavy atom. The highest BCUT2D eigenvalue weighted by molar-refractivity contribution is 6.15. The van der Waals surface area contributed by atoms with E-state index in [0.29, 0.717) is 11.3 Å². The molecular weight excluding hydrogens is 745 g/mol. The highest BCUT2D eigenvalue weighted by Gasteiger charge is 2.23. The van der Waals surface area contributed by atoms with Crippen LogP contribution in [-0.4, -0.2) is 21.6 Å². The minimum Gasteiger partial charge on any atom is -0.496 e. The van der Waals surface area contributed by atoms with Crippen molar-refractivity contribution >= 4 is 27.5 Å². The fourth-order valence-corrected chi connectivity index (χ4v) is 8.50. The minimum atomic E-state index is -0.0544. The van der Waals surface area contributed by atoms with Crippen molar-refractivity contribution in [1.29, 1.82) is 5.26 Å². The number of aromatic nitrogens is 3. The molecule has 5 aromatic carbocycles. The molecule has 61 heavy (non-hydrogen) atoms. The quantitative estimate of drug-likeness (QED) is 0.161. The summed E-state index contributed by atoms with van der Waals surface area (Å²) in [6.07, 6.45) is 10.9. The van der Waals surface area contributed by atoms with E-state index in [4.69, 9.17) is 14.7 Å². The van der Waals surface area contributed by atoms with Crippen LogP contribution in [0, 0.1) is 11.3 Å². The molecule has 0 bridgehead atoms. The van der Waals surface area contributed by atoms with E-state index in [1.54, 1.807) is 13.2 Å². The number of fused-ring (bicyclic) bond motifs is 3. The van der Waals surface area contributed by atoms with Crippen molar-refractivity contribution in [3.8, 4) is 67.8 Å². The Morgan fingerprint density at radius 2 is 1.30 bits per heavy atom. The van der Waals surface area contributed by atoms with Crippen molar-refractivity contribution in [2.24, 2.45) is 0 Å². The second kappa shape index (κ2) is 15.5. The molecule has 1 aliphatic rings. The minimum absolute atomic E-state index is 0.0544. The average molecular weight is 795 g/mol. The van der Waals surface area contributed by atoms with Crippen molar-refractivity contribution in [2.45, 2.75) is 65.2 Å². The lowest BCUT2D eigenvalue weighted by Crippen LogP contribution is -2.16. The van der Waals surface area contributed by atoms with Crippen molar-refractivity contribution in [2.75, 3.05) is 7.11 Å². The fraction of sp³-hybridized carbons (Fsp3) is 0.196. The van der Waals surface area contributed by atoms with Gasteiger partial charge in [0.15, 0.2) is 0 Å². The number of nitrogens with zero attached hydrogens (tertiary/aromatic N) is 4. The molecule has 0 saturated carbocycles. The summed E-state index contributed by atoms with van der Waals surface area (Å²) in [6.45, 7) is 13.6. The molecule has 0 saturated heterocycles. The monoisotopic (exact) mass is 794 g/mol. The van der Waals surface area contributed by atoms with Crippen LogP contribution in [0.5, 0.6) is 5.75 Å². The summed E-state index contributed by atoms with van der Waals surface area (Å²) in [5, 5.41) is 12.4. The van der Waals surface area contributed by atoms with Gasteiger partial charge in [0.05, 0.1) is 46.9 Å². The SMILES string of the molecule is COc1ccc(C#N)cc1-c1cc(-c2cc(C(C)(C)C)cc(C(C)(C)C)c2)cc(-c2cccc(-c3cc(-c4cccc5c6ccccc6n(C6=CCCC=C6)c45)ccn3)c2)n1. The summed E-state index contributed by atoms with van der Waals surface area (Å²) < 4.78 is 8.29. The zero-order valence-corrected chi connectivity index (χ0v) is 36.0. The molecule has 8 aromatic rings. The zero-order valence-electron chi connectivity index (χ0n) is 36.0. The average Bonchev–Trinajstić information content (AvgIpc) is 3.63. The predicted molar refractivity (Wildman–Crippen MR) is 254 cm³/mol. The lowest BCUT2D eigenvalue weighted by molar-refractivity contribution is 0.416. The van der Waals surface area contributed by atoms with Gasteiger partial charge in [-0.3, -0.25) is 4.98 Å². The molecular formula is C56H50N4O. The Hall–Kier alpha value is -7.03. The van der Waals surface area contributed by atoms with Gasteiger partial charge in [-0.1, -0.05) is 126 Å². The van der Waals surface area contributed by atoms with E-state index in [1.807, 2.05) is 18.3 Å². The molecule has 0 unspecified atom stereocenters. The van der Waals surface area contributed by atoms with Crippen LogP contribution in [0.25, 0.3) is 83.5 Å². The second-order valence-electron chi connectivity index (χ2n) is 18.1. The third-order valence-electron chi connectivity index (χ3n) is 11.9. The van der Waals surface area contributed by atoms with Crippen molar-refractivity contribution < 1.29 is 4.74 Å². The molecule has 9 rings (SSSR count). The summed E-state index contributed by atoms with van der Waals surface area (Å²) >= 11 is 0. The number of nitriles is 1. The normalized spacial score (nSPS) is 13.0. The highest BCUT2D eigenvalue weighted by Crippen LogP contribution is 2.41. The van der Waals surface area contributed by atoms with E-state index in [0.717, 1.165) is 68.9 Å². The summed E-state index contributed by atoms with van der Waals surface area (Å²) in [7, 11) is 1.66. The third-order valence-corrected chi connectivity index (χ3v) is 11.9. The Kier molecular flexibility index (Phi) is 10.0. The summed E-state index contributed by atoms with van der Waals surface area (Å²) in [5.74, 6) is 0.660. The molecule has 3 heterocycles. The van der Waals surface area contributed by atoms with Gasteiger partial charge in [0.25, 0.3) is 0 Å². The molecule has 0 aliphatic heterocycles. The Balaban J connectivity index is 1.20. The number of benzene rings is 5. The standard InChI is InChI=1S/C56H50N4O/c1-55(2,3)42-29-40(30-43(34-42)56(4,5)6)41-32-50(59-51(33-41)48-27-36(35-57)23-24-53(48)61-7)39-16-13-15-38(28-39)49-31-37(25-26-58-49)45-20-14-21-47-46-19-11-12-22-52(46)60(54(45)47)44-17-9-8-10-18-44/h9,11-34H,8,10H2,1-7H3. The number of pyridine rings is 2. The number of methoxy groups -OCH3 is 1. The molecule has 5 nitrogen and oxygen atoms in total. The van der Waals surface area contributed by atoms with Crippen molar-refractivity contribution in [3.05, 3.63) is 169 Å². The number of hydrogen-bond acceptors (Lipinski definition) is 4. The van der Waals surface area contributed by atoms with Gasteiger partial charge in [0.1, 0.15) is 5.75 Å². The number of para-hydroxylation sites is 2. The molecule has 300 valence electrons. The van der Waals surface area contributed by atoms with Crippen LogP contribution in [0.4, 0.5) is 0 Å². The first-order valence-electron chi connectivity index (χ1n) is 21.1. The molecule has 0 radical (unpaired) electrons. The number of allylic oxidation sites excluding steroid dienone is 4. The maximum atomic E-state index is 9.92. The predicted octanol–water partition coefficient (Wildman–Crippen LogP) is 14.6. The Morgan fingerprint density at radius 3 is 2.02 bits per heavy atom. The second-order valence-corrected chi connectivity index (χ2v) is 18.1. The van der Waals surface area contributed by atoms with Crippen LogP contribution in [0.1, 0.15) is 71.1 Å². The van der Waals surface area contributed by atoms with Gasteiger partial charge >= 0.3 is 0 Å². The van der Waals surface area contributed by atoms with E-state index < -0.39 is 0 Å². The fourth-order valence-electron chi connectivity index (χ4n) is 8.50. The van der Waals surface area contributed by atoms with Gasteiger partial charge in [-0.2, -0.15) is 5.26 Å². The molecule has 0 amide bonds. The number of ether oxygens (including phenoxy) is 1. The van der Waals surface area contributed by atoms with Gasteiger partial charge < -0.3 is 9.30 Å². The van der Waals surface area contributed by atoms with Crippen molar-refractivity contribution in [1.82, 2.24) is 14.5 Å². The van der Waals surface area contributed by atoms with Gasteiger partial charge in [-0.05, 0) is 112 Å². The molecule has 0 spiro atoms. The lowest BCUT2D eigenvalue weighted by Gasteiger charge is -2.26. The molecule has 0 N–H and O–H groups in total. The third kappa shape index (κ3) is 7.55. The molecule has 0 atom stereocenters. The topological polar surface area (TPSA) is 63.7 Å². The van der Waals surface area contributed by atoms with E-state index in [1.165, 1.54) is 38.6 Å². The Labute approximate surface area is 359 Å². The van der Waals surface area contributed by atoms with Crippen LogP contribution < -0.4 is 4.74 Å².